The first-order chi connectivity index (χ1) is 27.7. The lowest BCUT2D eigenvalue weighted by Gasteiger charge is -2.43. The van der Waals surface area contributed by atoms with Gasteiger partial charge in [0.25, 0.3) is 0 Å². The Kier molecular flexibility index (Phi) is 7.00. The van der Waals surface area contributed by atoms with Crippen molar-refractivity contribution in [3.8, 4) is 33.4 Å². The number of para-hydroxylation sites is 1. The molecule has 3 aliphatic carbocycles. The molecule has 0 N–H and O–H groups in total. The quantitative estimate of drug-likeness (QED) is 0.174. The minimum atomic E-state index is -0.472. The van der Waals surface area contributed by atoms with Crippen LogP contribution in [0.2, 0.25) is 0 Å². The first-order valence-corrected chi connectivity index (χ1v) is 20.3. The van der Waals surface area contributed by atoms with Gasteiger partial charge in [-0.05, 0) is 121 Å². The van der Waals surface area contributed by atoms with Gasteiger partial charge >= 0.3 is 0 Å². The number of benzene rings is 7. The van der Waals surface area contributed by atoms with Crippen LogP contribution in [-0.4, -0.2) is 0 Å². The Hall–Kier alpha value is -6.44. The Balaban J connectivity index is 1.23. The molecule has 0 saturated carbocycles. The Labute approximate surface area is 337 Å². The van der Waals surface area contributed by atoms with E-state index < -0.39 is 5.41 Å². The summed E-state index contributed by atoms with van der Waals surface area (Å²) in [6.45, 7) is 16.0. The van der Waals surface area contributed by atoms with E-state index in [-0.39, 0.29) is 10.8 Å². The second kappa shape index (κ2) is 11.8. The third-order valence-corrected chi connectivity index (χ3v) is 13.8. The molecule has 4 aliphatic rings. The summed E-state index contributed by atoms with van der Waals surface area (Å²) in [5.41, 5.74) is 23.8. The molecule has 274 valence electrons. The van der Waals surface area contributed by atoms with Crippen LogP contribution in [0.3, 0.4) is 0 Å². The molecule has 7 aromatic carbocycles. The van der Waals surface area contributed by atoms with Gasteiger partial charge in [-0.2, -0.15) is 0 Å². The van der Waals surface area contributed by atoms with Gasteiger partial charge in [0.1, 0.15) is 0 Å². The topological polar surface area (TPSA) is 3.24 Å². The normalized spacial score (nSPS) is 18.5. The molecule has 1 nitrogen and oxygen atoms in total. The molecular formula is C56H45N. The molecule has 11 rings (SSSR count). The molecule has 0 fully saturated rings. The van der Waals surface area contributed by atoms with Crippen LogP contribution in [0.15, 0.2) is 182 Å². The SMILES string of the molecule is C=CC1=C(/C=C\C)C(C)(C)c2cc3c(cc21)C(C)(C)c1ccccc1N3c1cccc2c1-c1ccccc1C21c2ccccc2-c2ccc(-c3ccccc3)cc21. The number of allylic oxidation sites excluding steroid dienone is 5. The Bertz CT molecular complexity index is 2930. The molecule has 0 saturated heterocycles. The van der Waals surface area contributed by atoms with E-state index in [1.807, 2.05) is 0 Å². The Morgan fingerprint density at radius 1 is 0.456 bits per heavy atom. The number of nitrogens with zero attached hydrogens (tertiary/aromatic N) is 1. The zero-order valence-corrected chi connectivity index (χ0v) is 33.3. The van der Waals surface area contributed by atoms with Crippen molar-refractivity contribution >= 4 is 22.6 Å². The number of anilines is 3. The van der Waals surface area contributed by atoms with E-state index in [2.05, 4.69) is 216 Å². The van der Waals surface area contributed by atoms with Gasteiger partial charge in [-0.15, -0.1) is 0 Å². The predicted molar refractivity (Wildman–Crippen MR) is 240 cm³/mol. The predicted octanol–water partition coefficient (Wildman–Crippen LogP) is 14.6. The molecule has 0 radical (unpaired) electrons. The average molecular weight is 732 g/mol. The van der Waals surface area contributed by atoms with Crippen LogP contribution in [0.4, 0.5) is 17.1 Å². The first kappa shape index (κ1) is 33.9. The van der Waals surface area contributed by atoms with Crippen molar-refractivity contribution in [1.29, 1.82) is 0 Å². The summed E-state index contributed by atoms with van der Waals surface area (Å²) in [4.78, 5) is 2.60. The summed E-state index contributed by atoms with van der Waals surface area (Å²) >= 11 is 0. The lowest BCUT2D eigenvalue weighted by atomic mass is 9.70. The van der Waals surface area contributed by atoms with Gasteiger partial charge in [-0.1, -0.05) is 174 Å². The average Bonchev–Trinajstić information content (AvgIpc) is 3.79. The third-order valence-electron chi connectivity index (χ3n) is 13.8. The van der Waals surface area contributed by atoms with Gasteiger partial charge in [0.2, 0.25) is 0 Å². The monoisotopic (exact) mass is 731 g/mol. The van der Waals surface area contributed by atoms with Crippen LogP contribution in [0.1, 0.15) is 79.1 Å². The number of hydrogen-bond acceptors (Lipinski definition) is 1. The van der Waals surface area contributed by atoms with E-state index in [1.54, 1.807) is 0 Å². The van der Waals surface area contributed by atoms with Crippen molar-refractivity contribution in [2.24, 2.45) is 0 Å². The molecule has 0 aromatic heterocycles. The van der Waals surface area contributed by atoms with E-state index in [4.69, 9.17) is 0 Å². The van der Waals surface area contributed by atoms with E-state index in [0.717, 1.165) is 0 Å². The van der Waals surface area contributed by atoms with Crippen molar-refractivity contribution in [2.75, 3.05) is 4.90 Å². The number of fused-ring (bicyclic) bond motifs is 13. The standard InChI is InChI=1S/C56H45N/c1-7-19-42-37(8-2)41-33-49-52(34-47(41)54(42,3)4)57(50-28-17-16-26-45(50)55(49,5)6)51-29-18-27-46-53(51)40-23-13-15-25-44(40)56(46)43-24-14-12-22-38(43)39-31-30-36(32-48(39)56)35-20-10-9-11-21-35/h7-34H,2H2,1,3-6H3/b19-7-. The van der Waals surface area contributed by atoms with Crippen molar-refractivity contribution in [2.45, 2.75) is 50.9 Å². The molecule has 1 heterocycles. The van der Waals surface area contributed by atoms with Crippen molar-refractivity contribution in [3.05, 3.63) is 227 Å². The largest absolute Gasteiger partial charge is 0.309 e. The molecule has 57 heavy (non-hydrogen) atoms. The van der Waals surface area contributed by atoms with Crippen LogP contribution in [0.5, 0.6) is 0 Å². The van der Waals surface area contributed by atoms with Crippen molar-refractivity contribution in [1.82, 2.24) is 0 Å². The molecule has 1 aliphatic heterocycles. The minimum Gasteiger partial charge on any atom is -0.309 e. The van der Waals surface area contributed by atoms with Crippen LogP contribution < -0.4 is 4.90 Å². The zero-order chi connectivity index (χ0) is 38.8. The van der Waals surface area contributed by atoms with Gasteiger partial charge in [0.05, 0.1) is 22.5 Å². The van der Waals surface area contributed by atoms with Crippen LogP contribution in [-0.2, 0) is 16.2 Å². The molecule has 1 heteroatoms. The second-order valence-electron chi connectivity index (χ2n) is 17.2. The smallest absolute Gasteiger partial charge is 0.0726 e. The summed E-state index contributed by atoms with van der Waals surface area (Å²) in [6, 6.07) is 57.5. The Morgan fingerprint density at radius 2 is 1.09 bits per heavy atom. The fourth-order valence-corrected chi connectivity index (χ4v) is 11.2. The summed E-state index contributed by atoms with van der Waals surface area (Å²) in [5.74, 6) is 0. The fourth-order valence-electron chi connectivity index (χ4n) is 11.2. The van der Waals surface area contributed by atoms with Crippen LogP contribution >= 0.6 is 0 Å². The summed E-state index contributed by atoms with van der Waals surface area (Å²) in [6.07, 6.45) is 6.52. The molecular weight excluding hydrogens is 687 g/mol. The van der Waals surface area contributed by atoms with Crippen LogP contribution in [0, 0.1) is 0 Å². The maximum absolute atomic E-state index is 4.33. The maximum atomic E-state index is 4.33. The van der Waals surface area contributed by atoms with Gasteiger partial charge in [0, 0.05) is 16.4 Å². The highest BCUT2D eigenvalue weighted by molar-refractivity contribution is 6.03. The van der Waals surface area contributed by atoms with E-state index in [9.17, 15) is 0 Å². The number of hydrogen-bond donors (Lipinski definition) is 0. The summed E-state index contributed by atoms with van der Waals surface area (Å²) < 4.78 is 0. The maximum Gasteiger partial charge on any atom is 0.0726 e. The van der Waals surface area contributed by atoms with E-state index >= 15 is 0 Å². The molecule has 1 unspecified atom stereocenters. The lowest BCUT2D eigenvalue weighted by Crippen LogP contribution is -2.32. The molecule has 0 amide bonds. The summed E-state index contributed by atoms with van der Waals surface area (Å²) in [7, 11) is 0. The fraction of sp³-hybridized carbons (Fsp3) is 0.143. The molecule has 0 bridgehead atoms. The molecule has 1 spiro atoms. The lowest BCUT2D eigenvalue weighted by molar-refractivity contribution is 0.625. The van der Waals surface area contributed by atoms with Crippen molar-refractivity contribution < 1.29 is 0 Å². The third kappa shape index (κ3) is 4.24. The van der Waals surface area contributed by atoms with E-state index in [1.165, 1.54) is 106 Å². The highest BCUT2D eigenvalue weighted by atomic mass is 15.2. The Morgan fingerprint density at radius 3 is 1.84 bits per heavy atom. The zero-order valence-electron chi connectivity index (χ0n) is 33.3. The minimum absolute atomic E-state index is 0.184. The summed E-state index contributed by atoms with van der Waals surface area (Å²) in [5, 5.41) is 0. The van der Waals surface area contributed by atoms with Gasteiger partial charge in [-0.25, -0.2) is 0 Å². The number of rotatable bonds is 4. The second-order valence-corrected chi connectivity index (χ2v) is 17.2. The van der Waals surface area contributed by atoms with E-state index in [0.29, 0.717) is 0 Å². The van der Waals surface area contributed by atoms with Crippen molar-refractivity contribution in [3.63, 3.8) is 0 Å². The highest BCUT2D eigenvalue weighted by Gasteiger charge is 2.53. The van der Waals surface area contributed by atoms with Gasteiger partial charge in [0.15, 0.2) is 0 Å². The van der Waals surface area contributed by atoms with Gasteiger partial charge < -0.3 is 4.90 Å². The molecule has 1 atom stereocenters. The molecule has 7 aromatic rings. The van der Waals surface area contributed by atoms with Crippen LogP contribution in [0.25, 0.3) is 39.0 Å². The highest BCUT2D eigenvalue weighted by Crippen LogP contribution is 2.66. The van der Waals surface area contributed by atoms with Gasteiger partial charge in [-0.3, -0.25) is 0 Å². The first-order valence-electron chi connectivity index (χ1n) is 20.3.